The molecular formula is C20H19N5O2. The second kappa shape index (κ2) is 7.03. The largest absolute Gasteiger partial charge is 0.355 e. The van der Waals surface area contributed by atoms with Crippen LogP contribution in [-0.2, 0) is 0 Å². The lowest BCUT2D eigenvalue weighted by molar-refractivity contribution is 0.103. The zero-order valence-corrected chi connectivity index (χ0v) is 14.7. The van der Waals surface area contributed by atoms with Gasteiger partial charge < -0.3 is 16.0 Å². The Bertz CT molecular complexity index is 1030. The van der Waals surface area contributed by atoms with Gasteiger partial charge in [0.1, 0.15) is 5.82 Å². The Morgan fingerprint density at radius 1 is 1.00 bits per heavy atom. The number of benzene rings is 2. The van der Waals surface area contributed by atoms with Crippen molar-refractivity contribution in [3.8, 4) is 0 Å². The van der Waals surface area contributed by atoms with E-state index in [1.807, 2.05) is 0 Å². The number of anilines is 2. The molecule has 7 nitrogen and oxygen atoms in total. The second-order valence-corrected chi connectivity index (χ2v) is 6.53. The van der Waals surface area contributed by atoms with Crippen molar-refractivity contribution < 1.29 is 9.59 Å². The van der Waals surface area contributed by atoms with Crippen molar-refractivity contribution in [3.05, 3.63) is 59.8 Å². The van der Waals surface area contributed by atoms with Gasteiger partial charge in [-0.15, -0.1) is 0 Å². The molecule has 2 aromatic carbocycles. The molecule has 0 bridgehead atoms. The van der Waals surface area contributed by atoms with Gasteiger partial charge in [0.05, 0.1) is 17.2 Å². The number of hydrogen-bond acceptors (Lipinski definition) is 5. The van der Waals surface area contributed by atoms with Crippen molar-refractivity contribution in [2.45, 2.75) is 12.8 Å². The maximum absolute atomic E-state index is 12.9. The molecular weight excluding hydrogens is 342 g/mol. The molecule has 0 atom stereocenters. The van der Waals surface area contributed by atoms with E-state index in [4.69, 9.17) is 5.73 Å². The quantitative estimate of drug-likeness (QED) is 0.696. The van der Waals surface area contributed by atoms with Crippen molar-refractivity contribution in [1.29, 1.82) is 0 Å². The summed E-state index contributed by atoms with van der Waals surface area (Å²) < 4.78 is 0. The summed E-state index contributed by atoms with van der Waals surface area (Å²) in [5.74, 6) is 0.690. The maximum Gasteiger partial charge on any atom is 0.316 e. The molecule has 3 aromatic rings. The highest BCUT2D eigenvalue weighted by molar-refractivity contribution is 6.11. The van der Waals surface area contributed by atoms with Gasteiger partial charge in [-0.1, -0.05) is 12.1 Å². The molecule has 0 aliphatic carbocycles. The van der Waals surface area contributed by atoms with Crippen LogP contribution < -0.4 is 16.0 Å². The van der Waals surface area contributed by atoms with Crippen LogP contribution in [0.2, 0.25) is 0 Å². The Morgan fingerprint density at radius 3 is 2.56 bits per heavy atom. The molecule has 1 fully saturated rings. The van der Waals surface area contributed by atoms with Crippen molar-refractivity contribution >= 4 is 34.4 Å². The van der Waals surface area contributed by atoms with Gasteiger partial charge in [-0.3, -0.25) is 9.78 Å². The van der Waals surface area contributed by atoms with E-state index in [1.54, 1.807) is 48.7 Å². The second-order valence-electron chi connectivity index (χ2n) is 6.53. The van der Waals surface area contributed by atoms with Crippen LogP contribution in [0.1, 0.15) is 28.8 Å². The first-order valence-electron chi connectivity index (χ1n) is 8.83. The highest BCUT2D eigenvalue weighted by atomic mass is 16.2. The van der Waals surface area contributed by atoms with E-state index in [-0.39, 0.29) is 5.78 Å². The number of nitrogens with one attached hydrogen (secondary N) is 1. The number of urea groups is 1. The molecule has 1 aromatic heterocycles. The van der Waals surface area contributed by atoms with Crippen molar-refractivity contribution in [3.63, 3.8) is 0 Å². The van der Waals surface area contributed by atoms with Crippen LogP contribution in [-0.4, -0.2) is 34.9 Å². The number of carbonyl (C=O) groups is 2. The van der Waals surface area contributed by atoms with Gasteiger partial charge >= 0.3 is 6.03 Å². The third-order valence-corrected chi connectivity index (χ3v) is 4.61. The zero-order chi connectivity index (χ0) is 18.8. The SMILES string of the molecule is NC(=O)Nc1cccc(C(=O)c2ccc3ncc(N4CCCC4)nc3c2)c1. The van der Waals surface area contributed by atoms with Crippen LogP contribution in [0.15, 0.2) is 48.7 Å². The Balaban J connectivity index is 1.66. The molecule has 3 N–H and O–H groups in total. The summed E-state index contributed by atoms with van der Waals surface area (Å²) in [5, 5.41) is 2.48. The third kappa shape index (κ3) is 3.57. The number of fused-ring (bicyclic) bond motifs is 1. The van der Waals surface area contributed by atoms with Crippen molar-refractivity contribution in [2.24, 2.45) is 5.73 Å². The molecule has 2 heterocycles. The third-order valence-electron chi connectivity index (χ3n) is 4.61. The van der Waals surface area contributed by atoms with E-state index >= 15 is 0 Å². The summed E-state index contributed by atoms with van der Waals surface area (Å²) in [6, 6.07) is 11.3. The summed E-state index contributed by atoms with van der Waals surface area (Å²) in [5.41, 5.74) is 8.04. The molecule has 0 saturated carbocycles. The Morgan fingerprint density at radius 2 is 1.78 bits per heavy atom. The van der Waals surface area contributed by atoms with Crippen LogP contribution in [0.4, 0.5) is 16.3 Å². The average Bonchev–Trinajstić information content (AvgIpc) is 3.21. The number of nitrogens with zero attached hydrogens (tertiary/aromatic N) is 3. The van der Waals surface area contributed by atoms with E-state index in [0.29, 0.717) is 22.3 Å². The lowest BCUT2D eigenvalue weighted by Crippen LogP contribution is -2.19. The summed E-state index contributed by atoms with van der Waals surface area (Å²) in [6.07, 6.45) is 4.11. The minimum atomic E-state index is -0.671. The molecule has 0 unspecified atom stereocenters. The van der Waals surface area contributed by atoms with Crippen LogP contribution >= 0.6 is 0 Å². The highest BCUT2D eigenvalue weighted by Crippen LogP contribution is 2.22. The van der Waals surface area contributed by atoms with Gasteiger partial charge in [-0.05, 0) is 43.2 Å². The fourth-order valence-corrected chi connectivity index (χ4v) is 3.29. The molecule has 1 aliphatic heterocycles. The topological polar surface area (TPSA) is 101 Å². The fraction of sp³-hybridized carbons (Fsp3) is 0.200. The number of primary amides is 1. The molecule has 136 valence electrons. The molecule has 1 saturated heterocycles. The number of aromatic nitrogens is 2. The predicted molar refractivity (Wildman–Crippen MR) is 104 cm³/mol. The number of nitrogens with two attached hydrogens (primary N) is 1. The van der Waals surface area contributed by atoms with Gasteiger partial charge in [0.15, 0.2) is 5.78 Å². The van der Waals surface area contributed by atoms with Gasteiger partial charge in [-0.25, -0.2) is 9.78 Å². The molecule has 2 amide bonds. The highest BCUT2D eigenvalue weighted by Gasteiger charge is 2.16. The van der Waals surface area contributed by atoms with Crippen molar-refractivity contribution in [2.75, 3.05) is 23.3 Å². The summed E-state index contributed by atoms with van der Waals surface area (Å²) in [4.78, 5) is 35.2. The average molecular weight is 361 g/mol. The molecule has 27 heavy (non-hydrogen) atoms. The first kappa shape index (κ1) is 17.0. The van der Waals surface area contributed by atoms with Crippen LogP contribution in [0.3, 0.4) is 0 Å². The number of ketones is 1. The van der Waals surface area contributed by atoms with Crippen LogP contribution in [0.25, 0.3) is 11.0 Å². The van der Waals surface area contributed by atoms with Gasteiger partial charge in [0.25, 0.3) is 0 Å². The smallest absolute Gasteiger partial charge is 0.316 e. The van der Waals surface area contributed by atoms with Crippen LogP contribution in [0.5, 0.6) is 0 Å². The zero-order valence-electron chi connectivity index (χ0n) is 14.7. The Kier molecular flexibility index (Phi) is 4.42. The Hall–Kier alpha value is -3.48. The summed E-state index contributed by atoms with van der Waals surface area (Å²) in [7, 11) is 0. The van der Waals surface area contributed by atoms with E-state index < -0.39 is 6.03 Å². The van der Waals surface area contributed by atoms with Gasteiger partial charge in [-0.2, -0.15) is 0 Å². The minimum Gasteiger partial charge on any atom is -0.355 e. The maximum atomic E-state index is 12.9. The predicted octanol–water partition coefficient (Wildman–Crippen LogP) is 2.95. The van der Waals surface area contributed by atoms with Gasteiger partial charge in [0, 0.05) is 29.9 Å². The number of carbonyl (C=O) groups excluding carboxylic acids is 2. The lowest BCUT2D eigenvalue weighted by atomic mass is 10.0. The molecule has 7 heteroatoms. The van der Waals surface area contributed by atoms with E-state index in [0.717, 1.165) is 37.3 Å². The molecule has 0 spiro atoms. The molecule has 4 rings (SSSR count). The first-order valence-corrected chi connectivity index (χ1v) is 8.83. The lowest BCUT2D eigenvalue weighted by Gasteiger charge is -2.16. The van der Waals surface area contributed by atoms with Gasteiger partial charge in [0.2, 0.25) is 0 Å². The number of rotatable bonds is 4. The summed E-state index contributed by atoms with van der Waals surface area (Å²) in [6.45, 7) is 1.97. The first-order chi connectivity index (χ1) is 13.1. The van der Waals surface area contributed by atoms with Crippen LogP contribution in [0, 0.1) is 0 Å². The Labute approximate surface area is 156 Å². The standard InChI is InChI=1S/C20H19N5O2/c21-20(27)23-15-5-3-4-13(10-15)19(26)14-6-7-16-17(11-14)24-18(12-22-16)25-8-1-2-9-25/h3-7,10-12H,1-2,8-9H2,(H3,21,23,27). The number of amides is 2. The van der Waals surface area contributed by atoms with E-state index in [2.05, 4.69) is 20.2 Å². The fourth-order valence-electron chi connectivity index (χ4n) is 3.29. The molecule has 1 aliphatic rings. The number of hydrogen-bond donors (Lipinski definition) is 2. The monoisotopic (exact) mass is 361 g/mol. The van der Waals surface area contributed by atoms with Crippen molar-refractivity contribution in [1.82, 2.24) is 9.97 Å². The van der Waals surface area contributed by atoms with E-state index in [1.165, 1.54) is 0 Å². The van der Waals surface area contributed by atoms with E-state index in [9.17, 15) is 9.59 Å². The minimum absolute atomic E-state index is 0.154. The summed E-state index contributed by atoms with van der Waals surface area (Å²) >= 11 is 0. The molecule has 0 radical (unpaired) electrons. The normalized spacial score (nSPS) is 13.7.